The molecule has 9 heavy (non-hydrogen) atoms. The number of thioether (sulfide) groups is 1. The summed E-state index contributed by atoms with van der Waals surface area (Å²) in [4.78, 5) is 10.1. The van der Waals surface area contributed by atoms with Crippen LogP contribution in [0.25, 0.3) is 0 Å². The van der Waals surface area contributed by atoms with E-state index < -0.39 is 12.0 Å². The molecule has 0 aliphatic heterocycles. The fraction of sp³-hybridized carbons (Fsp3) is 0.800. The summed E-state index contributed by atoms with van der Waals surface area (Å²) in [5.41, 5.74) is 5.19. The van der Waals surface area contributed by atoms with Crippen LogP contribution in [0.4, 0.5) is 0 Å². The smallest absolute Gasteiger partial charge is 0.320 e. The van der Waals surface area contributed by atoms with Crippen LogP contribution in [0.15, 0.2) is 0 Å². The van der Waals surface area contributed by atoms with E-state index in [0.29, 0.717) is 6.42 Å². The van der Waals surface area contributed by atoms with E-state index in [2.05, 4.69) is 0 Å². The summed E-state index contributed by atoms with van der Waals surface area (Å²) in [6.07, 6.45) is 2.48. The van der Waals surface area contributed by atoms with Gasteiger partial charge >= 0.3 is 5.97 Å². The molecule has 0 fully saturated rings. The molecule has 3 N–H and O–H groups in total. The summed E-state index contributed by atoms with van der Waals surface area (Å²) in [7, 11) is 0. The maximum Gasteiger partial charge on any atom is 0.320 e. The van der Waals surface area contributed by atoms with Gasteiger partial charge in [-0.2, -0.15) is 11.8 Å². The molecule has 4 heteroatoms. The summed E-state index contributed by atoms with van der Waals surface area (Å²) < 4.78 is 0. The van der Waals surface area contributed by atoms with Crippen molar-refractivity contribution in [2.24, 2.45) is 5.73 Å². The van der Waals surface area contributed by atoms with E-state index >= 15 is 0 Å². The minimum atomic E-state index is -0.913. The molecule has 0 aliphatic rings. The van der Waals surface area contributed by atoms with Crippen LogP contribution in [0.5, 0.6) is 0 Å². The first-order valence-electron chi connectivity index (χ1n) is 2.65. The minimum Gasteiger partial charge on any atom is -0.480 e. The Morgan fingerprint density at radius 1 is 1.89 bits per heavy atom. The van der Waals surface area contributed by atoms with E-state index in [4.69, 9.17) is 10.8 Å². The maximum absolute atomic E-state index is 10.1. The van der Waals surface area contributed by atoms with Crippen molar-refractivity contribution in [2.45, 2.75) is 12.5 Å². The van der Waals surface area contributed by atoms with Crippen molar-refractivity contribution >= 4 is 17.7 Å². The van der Waals surface area contributed by atoms with E-state index in [1.165, 1.54) is 0 Å². The second kappa shape index (κ2) is 4.64. The largest absolute Gasteiger partial charge is 0.480 e. The van der Waals surface area contributed by atoms with Gasteiger partial charge in [-0.1, -0.05) is 0 Å². The van der Waals surface area contributed by atoms with Crippen molar-refractivity contribution in [3.63, 3.8) is 0 Å². The maximum atomic E-state index is 10.1. The van der Waals surface area contributed by atoms with E-state index in [-0.39, 0.29) is 0 Å². The Labute approximate surface area is 58.6 Å². The Hall–Kier alpha value is -0.220. The molecule has 0 aromatic heterocycles. The number of rotatable bonds is 4. The molecule has 0 amide bonds. The van der Waals surface area contributed by atoms with Gasteiger partial charge in [0.05, 0.1) is 0 Å². The summed E-state index contributed by atoms with van der Waals surface area (Å²) in [5.74, 6) is -0.1000. The quantitative estimate of drug-likeness (QED) is 0.600. The molecule has 0 aliphatic carbocycles. The Morgan fingerprint density at radius 3 is 2.78 bits per heavy atom. The van der Waals surface area contributed by atoms with Gasteiger partial charge in [-0.05, 0) is 18.4 Å². The summed E-state index contributed by atoms with van der Waals surface area (Å²) in [6, 6.07) is -0.683. The third-order valence-corrected chi connectivity index (χ3v) is 1.59. The molecule has 0 rings (SSSR count). The lowest BCUT2D eigenvalue weighted by Gasteiger charge is -2.02. The lowest BCUT2D eigenvalue weighted by molar-refractivity contribution is -0.138. The van der Waals surface area contributed by atoms with Crippen LogP contribution < -0.4 is 5.73 Å². The van der Waals surface area contributed by atoms with E-state index in [9.17, 15) is 4.79 Å². The third-order valence-electron chi connectivity index (χ3n) is 0.950. The zero-order valence-electron chi connectivity index (χ0n) is 5.33. The summed E-state index contributed by atoms with van der Waals surface area (Å²) in [6.45, 7) is 0. The number of carbonyl (C=O) groups is 1. The zero-order chi connectivity index (χ0) is 7.28. The molecule has 0 radical (unpaired) electrons. The lowest BCUT2D eigenvalue weighted by atomic mass is 10.2. The second-order valence-electron chi connectivity index (χ2n) is 1.73. The summed E-state index contributed by atoms with van der Waals surface area (Å²) in [5, 5.41) is 8.27. The molecule has 0 spiro atoms. The molecule has 0 aromatic carbocycles. The van der Waals surface area contributed by atoms with Crippen molar-refractivity contribution in [2.75, 3.05) is 12.0 Å². The standard InChI is InChI=1S/C5H11NO2S/c1-9-3-2-4(6)5(7)8/h4H,2-3,6H2,1H3,(H,7,8)/t4-/m1/s1/i1+2. The second-order valence-corrected chi connectivity index (χ2v) is 2.71. The average molecular weight is 151 g/mol. The van der Waals surface area contributed by atoms with Crippen molar-refractivity contribution in [3.8, 4) is 0 Å². The van der Waals surface area contributed by atoms with Gasteiger partial charge in [0, 0.05) is 0 Å². The number of hydrogen-bond acceptors (Lipinski definition) is 3. The average Bonchev–Trinajstić information content (AvgIpc) is 1.82. The molecule has 0 saturated carbocycles. The predicted octanol–water partition coefficient (Wildman–Crippen LogP) is 0.151. The molecular weight excluding hydrogens is 140 g/mol. The van der Waals surface area contributed by atoms with Crippen LogP contribution in [0.2, 0.25) is 0 Å². The molecular formula is C5H11NO2S. The number of hydrogen-bond donors (Lipinski definition) is 2. The van der Waals surface area contributed by atoms with E-state index in [0.717, 1.165) is 5.75 Å². The number of nitrogens with two attached hydrogens (primary N) is 1. The molecule has 0 aromatic rings. The first-order valence-corrected chi connectivity index (χ1v) is 4.05. The highest BCUT2D eigenvalue weighted by Gasteiger charge is 2.08. The SMILES string of the molecule is [14CH3]SCC[C@@H](N)C(=O)O. The Balaban J connectivity index is 3.27. The highest BCUT2D eigenvalue weighted by Crippen LogP contribution is 1.97. The van der Waals surface area contributed by atoms with Gasteiger partial charge in [-0.3, -0.25) is 4.79 Å². The van der Waals surface area contributed by atoms with Gasteiger partial charge in [0.15, 0.2) is 0 Å². The topological polar surface area (TPSA) is 63.3 Å². The number of aliphatic carboxylic acids is 1. The first kappa shape index (κ1) is 8.78. The number of carboxylic acids is 1. The van der Waals surface area contributed by atoms with Gasteiger partial charge < -0.3 is 10.8 Å². The monoisotopic (exact) mass is 151 g/mol. The Bertz CT molecular complexity index is 97.0. The van der Waals surface area contributed by atoms with Gasteiger partial charge in [-0.25, -0.2) is 0 Å². The Kier molecular flexibility index (Phi) is 4.53. The lowest BCUT2D eigenvalue weighted by Crippen LogP contribution is -2.30. The van der Waals surface area contributed by atoms with Gasteiger partial charge in [-0.15, -0.1) is 0 Å². The van der Waals surface area contributed by atoms with E-state index in [1.807, 2.05) is 6.26 Å². The molecule has 0 unspecified atom stereocenters. The molecule has 3 nitrogen and oxygen atoms in total. The summed E-state index contributed by atoms with van der Waals surface area (Å²) >= 11 is 1.60. The number of carboxylic acid groups (broad SMARTS) is 1. The van der Waals surface area contributed by atoms with Crippen molar-refractivity contribution < 1.29 is 9.90 Å². The predicted molar refractivity (Wildman–Crippen MR) is 38.6 cm³/mol. The van der Waals surface area contributed by atoms with Crippen LogP contribution in [0, 0.1) is 0 Å². The van der Waals surface area contributed by atoms with E-state index in [1.54, 1.807) is 11.8 Å². The molecule has 0 heterocycles. The molecule has 0 bridgehead atoms. The molecule has 1 atom stereocenters. The van der Waals surface area contributed by atoms with Crippen molar-refractivity contribution in [1.82, 2.24) is 0 Å². The highest BCUT2D eigenvalue weighted by molar-refractivity contribution is 7.98. The van der Waals surface area contributed by atoms with Crippen LogP contribution in [0.1, 0.15) is 6.42 Å². The van der Waals surface area contributed by atoms with Gasteiger partial charge in [0.25, 0.3) is 0 Å². The molecule has 0 saturated heterocycles. The Morgan fingerprint density at radius 2 is 2.44 bits per heavy atom. The van der Waals surface area contributed by atoms with Crippen LogP contribution >= 0.6 is 11.8 Å². The van der Waals surface area contributed by atoms with Gasteiger partial charge in [0.2, 0.25) is 0 Å². The fourth-order valence-corrected chi connectivity index (χ4v) is 0.858. The minimum absolute atomic E-state index is 0.552. The molecule has 54 valence electrons. The van der Waals surface area contributed by atoms with Crippen LogP contribution in [-0.4, -0.2) is 29.1 Å². The van der Waals surface area contributed by atoms with Crippen LogP contribution in [0.3, 0.4) is 0 Å². The normalized spacial score (nSPS) is 13.1. The van der Waals surface area contributed by atoms with Crippen molar-refractivity contribution in [3.05, 3.63) is 0 Å². The first-order chi connectivity index (χ1) is 4.18. The highest BCUT2D eigenvalue weighted by atomic mass is 32.2. The third kappa shape index (κ3) is 4.29. The zero-order valence-corrected chi connectivity index (χ0v) is 6.15. The fourth-order valence-electron chi connectivity index (χ4n) is 0.368. The van der Waals surface area contributed by atoms with Crippen molar-refractivity contribution in [1.29, 1.82) is 0 Å². The van der Waals surface area contributed by atoms with Gasteiger partial charge in [0.1, 0.15) is 6.04 Å². The van der Waals surface area contributed by atoms with Crippen LogP contribution in [-0.2, 0) is 4.79 Å².